The van der Waals surface area contributed by atoms with Crippen molar-refractivity contribution in [3.05, 3.63) is 57.6 Å². The van der Waals surface area contributed by atoms with Gasteiger partial charge in [-0.2, -0.15) is 0 Å². The lowest BCUT2D eigenvalue weighted by Crippen LogP contribution is -2.62. The Hall–Kier alpha value is -3.00. The van der Waals surface area contributed by atoms with Gasteiger partial charge in [-0.05, 0) is 84.9 Å². The van der Waals surface area contributed by atoms with Gasteiger partial charge in [-0.15, -0.1) is 11.6 Å². The smallest absolute Gasteiger partial charge is 0.411 e. The van der Waals surface area contributed by atoms with Crippen LogP contribution in [-0.4, -0.2) is 55.8 Å². The Morgan fingerprint density at radius 1 is 1.08 bits per heavy atom. The summed E-state index contributed by atoms with van der Waals surface area (Å²) in [7, 11) is 2.60. The molecule has 0 saturated heterocycles. The highest BCUT2D eigenvalue weighted by Crippen LogP contribution is 2.43. The van der Waals surface area contributed by atoms with Gasteiger partial charge in [0.1, 0.15) is 0 Å². The summed E-state index contributed by atoms with van der Waals surface area (Å²) >= 11 is 6.14. The van der Waals surface area contributed by atoms with Crippen LogP contribution in [0.4, 0.5) is 5.69 Å². The average molecular weight is 523 g/mol. The number of fused-ring (bicyclic) bond motifs is 2. The van der Waals surface area contributed by atoms with Crippen molar-refractivity contribution in [2.45, 2.75) is 58.4 Å². The maximum atomic E-state index is 13.7. The number of rotatable bonds is 7. The third-order valence-corrected chi connectivity index (χ3v) is 8.56. The number of carbonyl (C=O) groups excluding carboxylic acids is 3. The number of anilines is 1. The van der Waals surface area contributed by atoms with Crippen molar-refractivity contribution in [1.29, 1.82) is 0 Å². The minimum absolute atomic E-state index is 0.0289. The summed E-state index contributed by atoms with van der Waals surface area (Å²) < 4.78 is 10.2. The van der Waals surface area contributed by atoms with Crippen molar-refractivity contribution >= 4 is 47.6 Å². The van der Waals surface area contributed by atoms with E-state index in [4.69, 9.17) is 21.1 Å². The van der Waals surface area contributed by atoms with Crippen molar-refractivity contribution in [2.75, 3.05) is 25.3 Å². The lowest BCUT2D eigenvalue weighted by atomic mass is 9.58. The van der Waals surface area contributed by atoms with E-state index in [2.05, 4.69) is 12.2 Å². The SMILES string of the molecule is COC(=O)C1(C(=O)OC)Cc2c(C)c(CCCCl)c(B3Nc4ccccc4C(=O)N3C3CC3)c(C)c2C1. The van der Waals surface area contributed by atoms with E-state index in [1.807, 2.05) is 36.0 Å². The van der Waals surface area contributed by atoms with Crippen molar-refractivity contribution in [3.8, 4) is 0 Å². The van der Waals surface area contributed by atoms with Gasteiger partial charge < -0.3 is 19.5 Å². The van der Waals surface area contributed by atoms with Gasteiger partial charge in [-0.1, -0.05) is 12.1 Å². The molecule has 0 spiro atoms. The van der Waals surface area contributed by atoms with Crippen molar-refractivity contribution in [3.63, 3.8) is 0 Å². The summed E-state index contributed by atoms with van der Waals surface area (Å²) in [5, 5.41) is 3.67. The molecule has 2 aliphatic carbocycles. The number of nitrogens with zero attached hydrogens (tertiary/aromatic N) is 1. The first-order valence-corrected chi connectivity index (χ1v) is 13.4. The fourth-order valence-electron chi connectivity index (χ4n) is 6.28. The number of hydrogen-bond acceptors (Lipinski definition) is 6. The Kier molecular flexibility index (Phi) is 6.73. The van der Waals surface area contributed by atoms with Gasteiger partial charge in [0.05, 0.1) is 19.8 Å². The van der Waals surface area contributed by atoms with Gasteiger partial charge in [0.25, 0.3) is 0 Å². The predicted octanol–water partition coefficient (Wildman–Crippen LogP) is 3.33. The highest BCUT2D eigenvalue weighted by Gasteiger charge is 2.55. The van der Waals surface area contributed by atoms with Crippen LogP contribution in [0, 0.1) is 19.3 Å². The molecular formula is C28H32BClN2O5. The zero-order chi connectivity index (χ0) is 26.5. The molecule has 0 atom stereocenters. The highest BCUT2D eigenvalue weighted by molar-refractivity contribution is 6.78. The van der Waals surface area contributed by atoms with Gasteiger partial charge in [0.2, 0.25) is 5.91 Å². The van der Waals surface area contributed by atoms with E-state index in [0.717, 1.165) is 64.7 Å². The average Bonchev–Trinajstić information content (AvgIpc) is 3.66. The van der Waals surface area contributed by atoms with E-state index in [1.165, 1.54) is 14.2 Å². The second-order valence-corrected chi connectivity index (χ2v) is 10.7. The van der Waals surface area contributed by atoms with Crippen LogP contribution in [0.5, 0.6) is 0 Å². The van der Waals surface area contributed by atoms with E-state index in [1.54, 1.807) is 0 Å². The summed E-state index contributed by atoms with van der Waals surface area (Å²) in [6.45, 7) is 3.74. The van der Waals surface area contributed by atoms with Crippen LogP contribution in [0.25, 0.3) is 0 Å². The first kappa shape index (κ1) is 25.6. The number of hydrogen-bond donors (Lipinski definition) is 1. The number of alkyl halides is 1. The molecule has 3 aliphatic rings. The molecule has 194 valence electrons. The molecule has 1 aliphatic heterocycles. The van der Waals surface area contributed by atoms with Crippen LogP contribution in [0.3, 0.4) is 0 Å². The van der Waals surface area contributed by atoms with Crippen molar-refractivity contribution in [2.24, 2.45) is 5.41 Å². The molecule has 37 heavy (non-hydrogen) atoms. The molecule has 2 aromatic rings. The lowest BCUT2D eigenvalue weighted by Gasteiger charge is -2.38. The van der Waals surface area contributed by atoms with Crippen molar-refractivity contribution in [1.82, 2.24) is 4.81 Å². The summed E-state index contributed by atoms with van der Waals surface area (Å²) in [4.78, 5) is 41.7. The number of esters is 2. The molecular weight excluding hydrogens is 491 g/mol. The van der Waals surface area contributed by atoms with Crippen LogP contribution in [0.15, 0.2) is 24.3 Å². The van der Waals surface area contributed by atoms with E-state index >= 15 is 0 Å². The lowest BCUT2D eigenvalue weighted by molar-refractivity contribution is -0.168. The second-order valence-electron chi connectivity index (χ2n) is 10.3. The normalized spacial score (nSPS) is 17.7. The fourth-order valence-corrected chi connectivity index (χ4v) is 6.41. The summed E-state index contributed by atoms with van der Waals surface area (Å²) in [6.07, 6.45) is 3.88. The van der Waals surface area contributed by atoms with Gasteiger partial charge in [-0.3, -0.25) is 14.4 Å². The second kappa shape index (κ2) is 9.71. The zero-order valence-corrected chi connectivity index (χ0v) is 22.5. The minimum Gasteiger partial charge on any atom is -0.468 e. The third kappa shape index (κ3) is 4.01. The summed E-state index contributed by atoms with van der Waals surface area (Å²) in [6, 6.07) is 7.81. The first-order valence-electron chi connectivity index (χ1n) is 12.8. The fraction of sp³-hybridized carbons (Fsp3) is 0.464. The number of halogens is 1. The quantitative estimate of drug-likeness (QED) is 0.260. The number of ether oxygens (including phenoxy) is 2. The molecule has 1 amide bonds. The summed E-state index contributed by atoms with van der Waals surface area (Å²) in [5.74, 6) is -0.633. The van der Waals surface area contributed by atoms with Gasteiger partial charge in [0.15, 0.2) is 5.41 Å². The van der Waals surface area contributed by atoms with Crippen LogP contribution in [0.1, 0.15) is 57.4 Å². The molecule has 1 saturated carbocycles. The van der Waals surface area contributed by atoms with E-state index in [-0.39, 0.29) is 31.8 Å². The minimum atomic E-state index is -1.41. The van der Waals surface area contributed by atoms with Gasteiger partial charge in [-0.25, -0.2) is 0 Å². The number of methoxy groups -OCH3 is 2. The first-order chi connectivity index (χ1) is 17.8. The Bertz CT molecular complexity index is 1280. The van der Waals surface area contributed by atoms with Crippen LogP contribution < -0.4 is 10.7 Å². The molecule has 0 bridgehead atoms. The number of amides is 1. The van der Waals surface area contributed by atoms with Crippen LogP contribution in [-0.2, 0) is 38.3 Å². The Morgan fingerprint density at radius 3 is 2.30 bits per heavy atom. The molecule has 1 fully saturated rings. The predicted molar refractivity (Wildman–Crippen MR) is 143 cm³/mol. The third-order valence-electron chi connectivity index (χ3n) is 8.30. The van der Waals surface area contributed by atoms with Gasteiger partial charge >= 0.3 is 18.9 Å². The zero-order valence-electron chi connectivity index (χ0n) is 21.8. The topological polar surface area (TPSA) is 84.9 Å². The molecule has 0 unspecified atom stereocenters. The molecule has 9 heteroatoms. The maximum absolute atomic E-state index is 13.7. The number of para-hydroxylation sites is 1. The molecule has 0 radical (unpaired) electrons. The highest BCUT2D eigenvalue weighted by atomic mass is 35.5. The van der Waals surface area contributed by atoms with E-state index in [9.17, 15) is 14.4 Å². The Labute approximate surface area is 223 Å². The Balaban J connectivity index is 1.70. The molecule has 1 N–H and O–H groups in total. The summed E-state index contributed by atoms with van der Waals surface area (Å²) in [5.41, 5.74) is 6.23. The molecule has 0 aromatic heterocycles. The van der Waals surface area contributed by atoms with Crippen LogP contribution in [0.2, 0.25) is 0 Å². The number of benzene rings is 2. The number of nitrogens with one attached hydrogen (secondary N) is 1. The molecule has 1 heterocycles. The van der Waals surface area contributed by atoms with E-state index < -0.39 is 17.4 Å². The van der Waals surface area contributed by atoms with Gasteiger partial charge in [0, 0.05) is 30.5 Å². The Morgan fingerprint density at radius 2 is 1.70 bits per heavy atom. The monoisotopic (exact) mass is 522 g/mol. The largest absolute Gasteiger partial charge is 0.468 e. The molecule has 7 nitrogen and oxygen atoms in total. The number of carbonyl (C=O) groups is 3. The maximum Gasteiger partial charge on any atom is 0.411 e. The standard InChI is InChI=1S/C28H32BClN2O5/c1-16-19(9-7-13-30)24(17(2)22-15-28(14-21(16)22,26(34)36-3)27(35)37-4)29-31-23-10-6-5-8-20(23)25(33)32(29)18-11-12-18/h5-6,8,10,18,31H,7,9,11-15H2,1-4H3. The van der Waals surface area contributed by atoms with Crippen molar-refractivity contribution < 1.29 is 23.9 Å². The van der Waals surface area contributed by atoms with Crippen LogP contribution >= 0.6 is 11.6 Å². The van der Waals surface area contributed by atoms with E-state index in [0.29, 0.717) is 11.4 Å². The molecule has 5 rings (SSSR count). The molecule has 2 aromatic carbocycles.